The molecule has 1 aliphatic heterocycles. The van der Waals surface area contributed by atoms with Crippen LogP contribution in [0.2, 0.25) is 0 Å². The molecule has 8 heavy (non-hydrogen) atoms. The van der Waals surface area contributed by atoms with Crippen molar-refractivity contribution in [2.45, 2.75) is 19.3 Å². The Kier molecular flexibility index (Phi) is 1.51. The zero-order chi connectivity index (χ0) is 5.98. The fourth-order valence-corrected chi connectivity index (χ4v) is 0.862. The molecular weight excluding hydrogens is 102 g/mol. The van der Waals surface area contributed by atoms with Crippen molar-refractivity contribution in [3.8, 4) is 0 Å². The summed E-state index contributed by atoms with van der Waals surface area (Å²) >= 11 is 0. The van der Waals surface area contributed by atoms with Gasteiger partial charge in [-0.3, -0.25) is 4.79 Å². The van der Waals surface area contributed by atoms with Gasteiger partial charge in [0.1, 0.15) is 0 Å². The van der Waals surface area contributed by atoms with E-state index in [1.807, 2.05) is 0 Å². The molecule has 1 radical (unpaired) electrons. The SMILES string of the molecule is [CH2]N1CCCCC1=O. The highest BCUT2D eigenvalue weighted by Gasteiger charge is 2.12. The lowest BCUT2D eigenvalue weighted by atomic mass is 10.1. The van der Waals surface area contributed by atoms with Gasteiger partial charge in [0.2, 0.25) is 5.91 Å². The van der Waals surface area contributed by atoms with Gasteiger partial charge in [-0.25, -0.2) is 0 Å². The Morgan fingerprint density at radius 3 is 2.62 bits per heavy atom. The molecule has 0 N–H and O–H groups in total. The topological polar surface area (TPSA) is 20.3 Å². The van der Waals surface area contributed by atoms with Crippen LogP contribution in [0.1, 0.15) is 19.3 Å². The van der Waals surface area contributed by atoms with Crippen LogP contribution < -0.4 is 0 Å². The monoisotopic (exact) mass is 112 g/mol. The van der Waals surface area contributed by atoms with Crippen LogP contribution in [0.4, 0.5) is 0 Å². The number of carbonyl (C=O) groups excluding carboxylic acids is 1. The highest BCUT2D eigenvalue weighted by atomic mass is 16.2. The summed E-state index contributed by atoms with van der Waals surface area (Å²) in [6.07, 6.45) is 2.86. The van der Waals surface area contributed by atoms with Crippen molar-refractivity contribution >= 4 is 5.91 Å². The summed E-state index contributed by atoms with van der Waals surface area (Å²) in [5.41, 5.74) is 0. The molecule has 1 heterocycles. The molecular formula is C6H10NO. The quantitative estimate of drug-likeness (QED) is 0.453. The maximum absolute atomic E-state index is 10.7. The van der Waals surface area contributed by atoms with E-state index >= 15 is 0 Å². The molecule has 45 valence electrons. The van der Waals surface area contributed by atoms with Crippen LogP contribution in [-0.4, -0.2) is 17.4 Å². The van der Waals surface area contributed by atoms with Gasteiger partial charge in [0.05, 0.1) is 0 Å². The Hall–Kier alpha value is -0.530. The van der Waals surface area contributed by atoms with E-state index in [1.54, 1.807) is 4.90 Å². The molecule has 0 aromatic heterocycles. The van der Waals surface area contributed by atoms with Gasteiger partial charge in [-0.2, -0.15) is 0 Å². The molecule has 0 aliphatic carbocycles. The number of amides is 1. The minimum absolute atomic E-state index is 0.191. The molecule has 1 fully saturated rings. The summed E-state index contributed by atoms with van der Waals surface area (Å²) in [6, 6.07) is 0. The average Bonchev–Trinajstić information content (AvgIpc) is 1.77. The van der Waals surface area contributed by atoms with Crippen LogP contribution in [0.3, 0.4) is 0 Å². The second-order valence-corrected chi connectivity index (χ2v) is 2.11. The van der Waals surface area contributed by atoms with Crippen LogP contribution in [-0.2, 0) is 4.79 Å². The Labute approximate surface area is 49.5 Å². The molecule has 1 amide bonds. The molecule has 0 bridgehead atoms. The number of hydrogen-bond acceptors (Lipinski definition) is 1. The van der Waals surface area contributed by atoms with E-state index in [9.17, 15) is 4.79 Å². The molecule has 1 saturated heterocycles. The first-order valence-electron chi connectivity index (χ1n) is 2.91. The van der Waals surface area contributed by atoms with Crippen LogP contribution in [0.25, 0.3) is 0 Å². The van der Waals surface area contributed by atoms with E-state index in [0.717, 1.165) is 19.4 Å². The molecule has 0 aromatic carbocycles. The van der Waals surface area contributed by atoms with E-state index in [1.165, 1.54) is 0 Å². The van der Waals surface area contributed by atoms with Gasteiger partial charge in [-0.05, 0) is 12.8 Å². The first kappa shape index (κ1) is 5.60. The third kappa shape index (κ3) is 0.997. The number of rotatable bonds is 0. The molecule has 0 spiro atoms. The van der Waals surface area contributed by atoms with Crippen molar-refractivity contribution in [3.05, 3.63) is 7.05 Å². The lowest BCUT2D eigenvalue weighted by Gasteiger charge is -2.20. The van der Waals surface area contributed by atoms with Crippen molar-refractivity contribution in [2.24, 2.45) is 0 Å². The van der Waals surface area contributed by atoms with E-state index < -0.39 is 0 Å². The molecule has 0 aromatic rings. The molecule has 2 nitrogen and oxygen atoms in total. The largest absolute Gasteiger partial charge is 0.341 e. The van der Waals surface area contributed by atoms with Crippen molar-refractivity contribution in [1.29, 1.82) is 0 Å². The smallest absolute Gasteiger partial charge is 0.222 e. The van der Waals surface area contributed by atoms with E-state index in [-0.39, 0.29) is 5.91 Å². The van der Waals surface area contributed by atoms with E-state index in [4.69, 9.17) is 0 Å². The molecule has 1 rings (SSSR count). The van der Waals surface area contributed by atoms with Gasteiger partial charge < -0.3 is 4.90 Å². The maximum Gasteiger partial charge on any atom is 0.222 e. The summed E-state index contributed by atoms with van der Waals surface area (Å²) in [6.45, 7) is 0.846. The van der Waals surface area contributed by atoms with Gasteiger partial charge in [0, 0.05) is 20.0 Å². The summed E-state index contributed by atoms with van der Waals surface area (Å²) < 4.78 is 0. The van der Waals surface area contributed by atoms with Crippen LogP contribution in [0, 0.1) is 7.05 Å². The molecule has 0 atom stereocenters. The maximum atomic E-state index is 10.7. The fraction of sp³-hybridized carbons (Fsp3) is 0.667. The van der Waals surface area contributed by atoms with Crippen LogP contribution in [0.15, 0.2) is 0 Å². The van der Waals surface area contributed by atoms with Crippen molar-refractivity contribution in [1.82, 2.24) is 4.90 Å². The predicted octanol–water partition coefficient (Wildman–Crippen LogP) is 0.790. The van der Waals surface area contributed by atoms with E-state index in [0.29, 0.717) is 6.42 Å². The first-order chi connectivity index (χ1) is 3.80. The number of nitrogens with zero attached hydrogens (tertiary/aromatic N) is 1. The van der Waals surface area contributed by atoms with Crippen molar-refractivity contribution in [2.75, 3.05) is 6.54 Å². The Morgan fingerprint density at radius 1 is 1.50 bits per heavy atom. The zero-order valence-electron chi connectivity index (χ0n) is 4.89. The number of carbonyl (C=O) groups is 1. The highest BCUT2D eigenvalue weighted by Crippen LogP contribution is 2.07. The lowest BCUT2D eigenvalue weighted by Crippen LogP contribution is -2.29. The van der Waals surface area contributed by atoms with E-state index in [2.05, 4.69) is 7.05 Å². The van der Waals surface area contributed by atoms with Gasteiger partial charge >= 0.3 is 0 Å². The van der Waals surface area contributed by atoms with Crippen molar-refractivity contribution in [3.63, 3.8) is 0 Å². The number of likely N-dealkylation sites (tertiary alicyclic amines) is 1. The third-order valence-corrected chi connectivity index (χ3v) is 1.42. The van der Waals surface area contributed by atoms with Gasteiger partial charge in [0.15, 0.2) is 0 Å². The standard InChI is InChI=1S/C6H10NO/c1-7-5-3-2-4-6(7)8/h1-5H2. The van der Waals surface area contributed by atoms with Crippen LogP contribution >= 0.6 is 0 Å². The highest BCUT2D eigenvalue weighted by molar-refractivity contribution is 5.76. The van der Waals surface area contributed by atoms with Gasteiger partial charge in [-0.1, -0.05) is 0 Å². The fourth-order valence-electron chi connectivity index (χ4n) is 0.862. The lowest BCUT2D eigenvalue weighted by molar-refractivity contribution is -0.130. The Bertz CT molecular complexity index is 101. The minimum atomic E-state index is 0.191. The van der Waals surface area contributed by atoms with Crippen molar-refractivity contribution < 1.29 is 4.79 Å². The third-order valence-electron chi connectivity index (χ3n) is 1.42. The van der Waals surface area contributed by atoms with Gasteiger partial charge in [0.25, 0.3) is 0 Å². The average molecular weight is 112 g/mol. The number of piperidine rings is 1. The number of hydrogen-bond donors (Lipinski definition) is 0. The summed E-state index contributed by atoms with van der Waals surface area (Å²) in [5, 5.41) is 0. The molecule has 0 unspecified atom stereocenters. The van der Waals surface area contributed by atoms with Crippen LogP contribution in [0.5, 0.6) is 0 Å². The zero-order valence-corrected chi connectivity index (χ0v) is 4.89. The normalized spacial score (nSPS) is 21.6. The second-order valence-electron chi connectivity index (χ2n) is 2.11. The predicted molar refractivity (Wildman–Crippen MR) is 30.9 cm³/mol. The van der Waals surface area contributed by atoms with Gasteiger partial charge in [-0.15, -0.1) is 0 Å². The minimum Gasteiger partial charge on any atom is -0.341 e. The second kappa shape index (κ2) is 2.16. The summed E-state index contributed by atoms with van der Waals surface area (Å²) in [7, 11) is 3.56. The Balaban J connectivity index is 2.39. The Morgan fingerprint density at radius 2 is 2.25 bits per heavy atom. The summed E-state index contributed by atoms with van der Waals surface area (Å²) in [5.74, 6) is 0.191. The summed E-state index contributed by atoms with van der Waals surface area (Å²) in [4.78, 5) is 12.2. The first-order valence-corrected chi connectivity index (χ1v) is 2.91. The molecule has 0 saturated carbocycles. The molecule has 2 heteroatoms. The molecule has 1 aliphatic rings.